The minimum absolute atomic E-state index is 0.00289. The number of esters is 1. The first kappa shape index (κ1) is 43.0. The number of benzene rings is 2. The summed E-state index contributed by atoms with van der Waals surface area (Å²) in [4.78, 5) is 72.0. The van der Waals surface area contributed by atoms with Gasteiger partial charge in [0.1, 0.15) is 18.2 Å². The Morgan fingerprint density at radius 3 is 1.44 bits per heavy atom. The molecule has 6 rings (SSSR count). The van der Waals surface area contributed by atoms with Crippen LogP contribution in [0, 0.1) is 21.2 Å². The lowest BCUT2D eigenvalue weighted by Gasteiger charge is -2.20. The lowest BCUT2D eigenvalue weighted by Crippen LogP contribution is -2.43. The normalized spacial score (nSPS) is 18.6. The number of rotatable bonds is 7. The highest BCUT2D eigenvalue weighted by Crippen LogP contribution is 2.33. The van der Waals surface area contributed by atoms with E-state index in [1.165, 1.54) is 47.2 Å². The van der Waals surface area contributed by atoms with Crippen LogP contribution in [0.2, 0.25) is 10.0 Å². The summed E-state index contributed by atoms with van der Waals surface area (Å²) in [6.07, 6.45) is 0.428. The van der Waals surface area contributed by atoms with Crippen molar-refractivity contribution in [2.24, 2.45) is 38.5 Å². The number of nitrogens with zero attached hydrogens (tertiary/aromatic N) is 8. The Bertz CT molecular complexity index is 2710. The van der Waals surface area contributed by atoms with Crippen molar-refractivity contribution < 1.29 is 33.1 Å². The van der Waals surface area contributed by atoms with E-state index < -0.39 is 51.6 Å². The lowest BCUT2D eigenvalue weighted by molar-refractivity contribution is -0.149. The molecule has 23 heteroatoms. The molecule has 1 N–H and O–H groups in total. The first-order chi connectivity index (χ1) is 26.5. The number of hydrogen-bond acceptors (Lipinski definition) is 13. The molecule has 57 heavy (non-hydrogen) atoms. The maximum atomic E-state index is 14.7. The summed E-state index contributed by atoms with van der Waals surface area (Å²) in [7, 11) is 5.53. The molecule has 0 aliphatic carbocycles. The second-order valence-electron chi connectivity index (χ2n) is 13.6. The van der Waals surface area contributed by atoms with Crippen molar-refractivity contribution in [1.82, 2.24) is 27.4 Å². The highest BCUT2D eigenvalue weighted by molar-refractivity contribution is 7.71. The van der Waals surface area contributed by atoms with Gasteiger partial charge < -0.3 is 19.5 Å². The highest BCUT2D eigenvalue weighted by Gasteiger charge is 2.38. The molecule has 0 saturated heterocycles. The Hall–Kier alpha value is -5.09. The molecule has 304 valence electrons. The van der Waals surface area contributed by atoms with Crippen molar-refractivity contribution in [2.45, 2.75) is 44.8 Å². The minimum atomic E-state index is -0.928. The molecule has 0 bridgehead atoms. The van der Waals surface area contributed by atoms with E-state index in [9.17, 15) is 37.9 Å². The Morgan fingerprint density at radius 1 is 0.754 bits per heavy atom. The van der Waals surface area contributed by atoms with Gasteiger partial charge in [0.25, 0.3) is 0 Å². The number of oxime groups is 2. The Labute approximate surface area is 340 Å². The van der Waals surface area contributed by atoms with E-state index in [0.717, 1.165) is 30.4 Å². The van der Waals surface area contributed by atoms with Crippen LogP contribution in [0.25, 0.3) is 11.4 Å². The van der Waals surface area contributed by atoms with Gasteiger partial charge in [-0.3, -0.25) is 23.1 Å². The Morgan fingerprint density at radius 2 is 1.11 bits per heavy atom. The number of aromatic nitrogens is 6. The third kappa shape index (κ3) is 8.19. The fourth-order valence-corrected chi connectivity index (χ4v) is 6.52. The smallest absolute Gasteiger partial charge is 0.338 e. The van der Waals surface area contributed by atoms with Crippen LogP contribution in [0.4, 0.5) is 8.78 Å². The second-order valence-corrected chi connectivity index (χ2v) is 15.2. The fourth-order valence-electron chi connectivity index (χ4n) is 5.69. The third-order valence-corrected chi connectivity index (χ3v) is 10.7. The van der Waals surface area contributed by atoms with Gasteiger partial charge in [-0.25, -0.2) is 37.1 Å². The van der Waals surface area contributed by atoms with Crippen LogP contribution in [-0.4, -0.2) is 74.3 Å². The molecular weight excluding hydrogens is 837 g/mol. The van der Waals surface area contributed by atoms with E-state index in [1.807, 2.05) is 0 Å². The molecule has 17 nitrogen and oxygen atoms in total. The molecule has 2 unspecified atom stereocenters. The zero-order valence-electron chi connectivity index (χ0n) is 31.3. The summed E-state index contributed by atoms with van der Waals surface area (Å²) in [6, 6.07) is 4.50. The molecule has 4 aromatic rings. The fraction of sp³-hybridized carbons (Fsp3) is 0.382. The molecule has 4 heterocycles. The zero-order valence-corrected chi connectivity index (χ0v) is 34.4. The molecular formula is C34H34Cl2F2N8O9S2. The first-order valence-corrected chi connectivity index (χ1v) is 18.1. The zero-order chi connectivity index (χ0) is 42.5. The Balaban J connectivity index is 0.000000219. The van der Waals surface area contributed by atoms with Gasteiger partial charge in [0.05, 0.1) is 39.5 Å². The van der Waals surface area contributed by atoms with Gasteiger partial charge in [0, 0.05) is 59.1 Å². The largest absolute Gasteiger partial charge is 0.461 e. The van der Waals surface area contributed by atoms with Crippen molar-refractivity contribution in [3.63, 3.8) is 0 Å². The van der Waals surface area contributed by atoms with Crippen LogP contribution >= 0.6 is 47.6 Å². The average Bonchev–Trinajstić information content (AvgIpc) is 3.75. The number of halogens is 4. The van der Waals surface area contributed by atoms with Crippen LogP contribution in [0.5, 0.6) is 0 Å². The lowest BCUT2D eigenvalue weighted by atomic mass is 9.96. The van der Waals surface area contributed by atoms with Crippen molar-refractivity contribution in [1.29, 1.82) is 0 Å². The van der Waals surface area contributed by atoms with Gasteiger partial charge in [-0.15, -0.1) is 0 Å². The van der Waals surface area contributed by atoms with Crippen molar-refractivity contribution in [2.75, 3.05) is 13.2 Å². The SMILES string of the molecule is CC(=O)OCC1(C)CC(c2cc(-n3c(=O)n(C)c(=S)n(C)c3=O)c(F)cc2Cl)=NO1.Cn1c(=S)n(C)c(=O)n(-c2cc(C3=NOC(C)(CO)C3)c(Cl)cc2F)c1=O. The number of carbonyl (C=O) groups is 1. The maximum absolute atomic E-state index is 14.7. The molecule has 2 atom stereocenters. The van der Waals surface area contributed by atoms with Crippen LogP contribution in [-0.2, 0) is 47.4 Å². The summed E-state index contributed by atoms with van der Waals surface area (Å²) in [6.45, 7) is 4.30. The van der Waals surface area contributed by atoms with E-state index in [1.54, 1.807) is 13.8 Å². The number of hydrogen-bond donors (Lipinski definition) is 1. The summed E-state index contributed by atoms with van der Waals surface area (Å²) in [5.74, 6) is -2.20. The number of ether oxygens (including phenoxy) is 1. The second kappa shape index (κ2) is 16.0. The van der Waals surface area contributed by atoms with E-state index in [4.69, 9.17) is 62.0 Å². The number of aliphatic hydroxyl groups excluding tert-OH is 1. The summed E-state index contributed by atoms with van der Waals surface area (Å²) < 4.78 is 39.9. The van der Waals surface area contributed by atoms with E-state index in [-0.39, 0.29) is 62.6 Å². The topological polar surface area (TPSA) is 188 Å². The van der Waals surface area contributed by atoms with Gasteiger partial charge >= 0.3 is 28.7 Å². The molecule has 0 amide bonds. The van der Waals surface area contributed by atoms with Crippen molar-refractivity contribution in [3.8, 4) is 11.4 Å². The molecule has 0 saturated carbocycles. The molecule has 0 fully saturated rings. The van der Waals surface area contributed by atoms with Crippen LogP contribution < -0.4 is 22.8 Å². The van der Waals surface area contributed by atoms with Crippen molar-refractivity contribution >= 4 is 65.0 Å². The molecule has 0 spiro atoms. The summed E-state index contributed by atoms with van der Waals surface area (Å²) in [5.41, 5.74) is -4.34. The van der Waals surface area contributed by atoms with Gasteiger partial charge in [-0.1, -0.05) is 33.5 Å². The third-order valence-electron chi connectivity index (χ3n) is 8.99. The maximum Gasteiger partial charge on any atom is 0.338 e. The first-order valence-electron chi connectivity index (χ1n) is 16.6. The van der Waals surface area contributed by atoms with E-state index >= 15 is 0 Å². The van der Waals surface area contributed by atoms with Crippen LogP contribution in [0.3, 0.4) is 0 Å². The molecule has 2 aromatic carbocycles. The van der Waals surface area contributed by atoms with Gasteiger partial charge in [0.2, 0.25) is 0 Å². The summed E-state index contributed by atoms with van der Waals surface area (Å²) >= 11 is 22.4. The molecule has 0 radical (unpaired) electrons. The predicted octanol–water partition coefficient (Wildman–Crippen LogP) is 3.11. The van der Waals surface area contributed by atoms with Gasteiger partial charge in [0.15, 0.2) is 20.7 Å². The van der Waals surface area contributed by atoms with Gasteiger partial charge in [-0.05, 0) is 62.5 Å². The van der Waals surface area contributed by atoms with Crippen LogP contribution in [0.15, 0.2) is 53.8 Å². The molecule has 2 aliphatic heterocycles. The van der Waals surface area contributed by atoms with Crippen molar-refractivity contribution in [3.05, 3.63) is 109 Å². The molecule has 2 aromatic heterocycles. The monoisotopic (exact) mass is 870 g/mol. The van der Waals surface area contributed by atoms with E-state index in [0.29, 0.717) is 26.1 Å². The standard InChI is InChI=1S/C18H18ClFN4O5S.C16H16ClFN4O4S/c1-9(25)28-8-18(2)7-13(21-29-18)10-5-14(12(20)6-11(10)19)24-15(26)22(3)17(30)23(4)16(24)27;1-16(7-23)6-11(19-26-16)8-4-12(10(18)5-9(8)17)22-13(24)20(2)15(27)21(3)14(22)25/h5-6H,7-8H2,1-4H3;4-5,23H,6-7H2,1-3H3. The minimum Gasteiger partial charge on any atom is -0.461 e. The highest BCUT2D eigenvalue weighted by atomic mass is 35.5. The Kier molecular flexibility index (Phi) is 12.1. The van der Waals surface area contributed by atoms with Gasteiger partial charge in [-0.2, -0.15) is 0 Å². The number of aliphatic hydroxyl groups is 1. The molecule has 2 aliphatic rings. The van der Waals surface area contributed by atoms with E-state index in [2.05, 4.69) is 10.3 Å². The van der Waals surface area contributed by atoms with Crippen LogP contribution in [0.1, 0.15) is 44.7 Å². The number of carbonyl (C=O) groups excluding carboxylic acids is 1. The quantitative estimate of drug-likeness (QED) is 0.213. The predicted molar refractivity (Wildman–Crippen MR) is 209 cm³/mol. The average molecular weight is 872 g/mol. The summed E-state index contributed by atoms with van der Waals surface area (Å²) in [5, 5.41) is 17.3.